The summed E-state index contributed by atoms with van der Waals surface area (Å²) >= 11 is -2.55. The van der Waals surface area contributed by atoms with Gasteiger partial charge in [-0.15, -0.1) is 0 Å². The summed E-state index contributed by atoms with van der Waals surface area (Å²) in [7, 11) is 1.27. The molecule has 0 aliphatic rings. The zero-order chi connectivity index (χ0) is 17.0. The molecule has 0 amide bonds. The molecule has 0 aliphatic heterocycles. The number of methoxy groups -OCH3 is 1. The molecule has 0 aromatic heterocycles. The summed E-state index contributed by atoms with van der Waals surface area (Å²) in [6.45, 7) is 2.14. The highest BCUT2D eigenvalue weighted by Crippen LogP contribution is 2.31. The zero-order valence-electron chi connectivity index (χ0n) is 12.8. The minimum absolute atomic E-state index is 0.280. The lowest BCUT2D eigenvalue weighted by molar-refractivity contribution is 0.0600. The summed E-state index contributed by atoms with van der Waals surface area (Å²) in [5.74, 6) is -0.527. The lowest BCUT2D eigenvalue weighted by atomic mass is 10.1. The smallest absolute Gasteiger partial charge is 0.337 e. The van der Waals surface area contributed by atoms with E-state index in [2.05, 4.69) is 4.74 Å². The molecule has 2 rings (SSSR count). The van der Waals surface area contributed by atoms with Gasteiger partial charge in [0.05, 0.1) is 35.3 Å². The van der Waals surface area contributed by atoms with Crippen LogP contribution in [-0.4, -0.2) is 21.8 Å². The lowest BCUT2D eigenvalue weighted by Gasteiger charge is -2.28. The van der Waals surface area contributed by atoms with Gasteiger partial charge in [-0.1, -0.05) is 18.2 Å². The fraction of sp³-hybridized carbons (Fsp3) is 0.188. The third kappa shape index (κ3) is 3.76. The molecule has 1 unspecified atom stereocenters. The van der Waals surface area contributed by atoms with Crippen LogP contribution in [0, 0.1) is 6.92 Å². The Morgan fingerprint density at radius 2 is 1.91 bits per heavy atom. The molecule has 2 N–H and O–H groups in total. The lowest BCUT2D eigenvalue weighted by Crippen LogP contribution is -2.21. The molecule has 7 heteroatoms. The second-order valence-corrected chi connectivity index (χ2v) is 5.67. The van der Waals surface area contributed by atoms with E-state index < -0.39 is 17.2 Å². The number of nitrogens with two attached hydrogens (primary N) is 1. The van der Waals surface area contributed by atoms with Gasteiger partial charge in [0, 0.05) is 6.54 Å². The average molecular weight is 333 g/mol. The van der Waals surface area contributed by atoms with Crippen LogP contribution < -0.4 is 10.0 Å². The monoisotopic (exact) mass is 333 g/mol. The fourth-order valence-electron chi connectivity index (χ4n) is 2.15. The van der Waals surface area contributed by atoms with Crippen LogP contribution in [0.15, 0.2) is 42.5 Å². The molecule has 1 atom stereocenters. The molecule has 0 fully saturated rings. The van der Waals surface area contributed by atoms with Gasteiger partial charge < -0.3 is 15.0 Å². The number of rotatable bonds is 5. The molecule has 2 aromatic carbocycles. The summed E-state index contributed by atoms with van der Waals surface area (Å²) in [6, 6.07) is 11.6. The van der Waals surface area contributed by atoms with Crippen molar-refractivity contribution >= 4 is 28.6 Å². The van der Waals surface area contributed by atoms with Gasteiger partial charge in [0.25, 0.3) is 0 Å². The van der Waals surface area contributed by atoms with Gasteiger partial charge in [-0.05, 0) is 42.3 Å². The van der Waals surface area contributed by atoms with Gasteiger partial charge in [-0.2, -0.15) is 0 Å². The van der Waals surface area contributed by atoms with Crippen LogP contribution in [0.25, 0.3) is 0 Å². The van der Waals surface area contributed by atoms with Crippen LogP contribution in [0.1, 0.15) is 21.5 Å². The highest BCUT2D eigenvalue weighted by Gasteiger charge is 2.16. The second kappa shape index (κ2) is 7.36. The molecule has 0 heterocycles. The normalized spacial score (nSPS) is 11.8. The van der Waals surface area contributed by atoms with Crippen LogP contribution in [0.2, 0.25) is 0 Å². The van der Waals surface area contributed by atoms with E-state index in [1.54, 1.807) is 43.3 Å². The topological polar surface area (TPSA) is 95.7 Å². The van der Waals surface area contributed by atoms with Gasteiger partial charge in [0.1, 0.15) is 0 Å². The maximum atomic E-state index is 11.7. The number of benzene rings is 2. The van der Waals surface area contributed by atoms with Crippen LogP contribution in [-0.2, 0) is 22.5 Å². The van der Waals surface area contributed by atoms with E-state index in [1.807, 2.05) is 0 Å². The third-order valence-electron chi connectivity index (χ3n) is 3.40. The molecule has 0 aliphatic carbocycles. The number of hydrogen-bond acceptors (Lipinski definition) is 5. The molecule has 0 radical (unpaired) electrons. The molecule has 0 saturated carbocycles. The van der Waals surface area contributed by atoms with Crippen LogP contribution >= 0.6 is 0 Å². The average Bonchev–Trinajstić information content (AvgIpc) is 2.56. The SMILES string of the molecule is COC(=O)c1ccc(C)c(N(c2ccc(CN)cc2)S(=O)[O-])c1. The van der Waals surface area contributed by atoms with E-state index in [-0.39, 0.29) is 5.56 Å². The standard InChI is InChI=1S/C16H18N2O4S/c1-11-3-6-13(16(19)22-2)9-15(11)18(23(20)21)14-7-4-12(10-17)5-8-14/h3-9H,10,17H2,1-2H3,(H,20,21)/p-1. The Hall–Kier alpha value is -2.22. The summed E-state index contributed by atoms with van der Waals surface area (Å²) in [6.07, 6.45) is 0. The molecule has 0 saturated heterocycles. The van der Waals surface area contributed by atoms with Gasteiger partial charge in [0.2, 0.25) is 0 Å². The number of carbonyl (C=O) groups is 1. The number of nitrogens with zero attached hydrogens (tertiary/aromatic N) is 1. The predicted octanol–water partition coefficient (Wildman–Crippen LogP) is 2.17. The molecule has 23 heavy (non-hydrogen) atoms. The third-order valence-corrected chi connectivity index (χ3v) is 4.11. The van der Waals surface area contributed by atoms with Crippen molar-refractivity contribution < 1.29 is 18.3 Å². The first-order chi connectivity index (χ1) is 11.0. The van der Waals surface area contributed by atoms with Crippen LogP contribution in [0.3, 0.4) is 0 Å². The van der Waals surface area contributed by atoms with Crippen molar-refractivity contribution in [3.63, 3.8) is 0 Å². The van der Waals surface area contributed by atoms with Crippen molar-refractivity contribution in [1.82, 2.24) is 0 Å². The minimum Gasteiger partial charge on any atom is -0.755 e. The van der Waals surface area contributed by atoms with Crippen LogP contribution in [0.4, 0.5) is 11.4 Å². The van der Waals surface area contributed by atoms with Crippen molar-refractivity contribution in [3.8, 4) is 0 Å². The first kappa shape index (κ1) is 17.1. The molecule has 0 bridgehead atoms. The number of esters is 1. The van der Waals surface area contributed by atoms with E-state index in [0.29, 0.717) is 23.5 Å². The summed E-state index contributed by atoms with van der Waals surface area (Å²) in [5.41, 5.74) is 8.29. The van der Waals surface area contributed by atoms with E-state index in [1.165, 1.54) is 13.2 Å². The minimum atomic E-state index is -2.55. The van der Waals surface area contributed by atoms with E-state index in [9.17, 15) is 13.6 Å². The van der Waals surface area contributed by atoms with Crippen molar-refractivity contribution in [3.05, 3.63) is 59.2 Å². The molecule has 2 aromatic rings. The Bertz CT molecular complexity index is 731. The van der Waals surface area contributed by atoms with Crippen LogP contribution in [0.5, 0.6) is 0 Å². The first-order valence-corrected chi connectivity index (χ1v) is 7.88. The zero-order valence-corrected chi connectivity index (χ0v) is 13.6. The summed E-state index contributed by atoms with van der Waals surface area (Å²) < 4.78 is 29.3. The molecule has 122 valence electrons. The molecular weight excluding hydrogens is 316 g/mol. The molecule has 6 nitrogen and oxygen atoms in total. The highest BCUT2D eigenvalue weighted by atomic mass is 32.2. The largest absolute Gasteiger partial charge is 0.755 e. The summed E-state index contributed by atoms with van der Waals surface area (Å²) in [4.78, 5) is 11.7. The van der Waals surface area contributed by atoms with E-state index >= 15 is 0 Å². The number of anilines is 2. The quantitative estimate of drug-likeness (QED) is 0.668. The Balaban J connectivity index is 2.52. The maximum absolute atomic E-state index is 11.7. The van der Waals surface area contributed by atoms with Gasteiger partial charge in [-0.3, -0.25) is 8.51 Å². The number of aryl methyl sites for hydroxylation is 1. The van der Waals surface area contributed by atoms with Gasteiger partial charge in [0.15, 0.2) is 0 Å². The van der Waals surface area contributed by atoms with E-state index in [4.69, 9.17) is 5.73 Å². The maximum Gasteiger partial charge on any atom is 0.337 e. The Morgan fingerprint density at radius 1 is 1.26 bits per heavy atom. The second-order valence-electron chi connectivity index (χ2n) is 4.87. The van der Waals surface area contributed by atoms with Gasteiger partial charge in [-0.25, -0.2) is 4.79 Å². The Kier molecular flexibility index (Phi) is 5.49. The Labute approximate surface area is 137 Å². The first-order valence-electron chi connectivity index (χ1n) is 6.85. The number of carbonyl (C=O) groups excluding carboxylic acids is 1. The predicted molar refractivity (Wildman–Crippen MR) is 87.9 cm³/mol. The molecular formula is C16H17N2O4S-. The fourth-order valence-corrected chi connectivity index (χ4v) is 2.80. The van der Waals surface area contributed by atoms with Crippen molar-refractivity contribution in [2.45, 2.75) is 13.5 Å². The Morgan fingerprint density at radius 3 is 2.43 bits per heavy atom. The van der Waals surface area contributed by atoms with E-state index in [0.717, 1.165) is 9.87 Å². The summed E-state index contributed by atoms with van der Waals surface area (Å²) in [5, 5.41) is 0. The van der Waals surface area contributed by atoms with Crippen molar-refractivity contribution in [1.29, 1.82) is 0 Å². The van der Waals surface area contributed by atoms with Crippen molar-refractivity contribution in [2.24, 2.45) is 5.73 Å². The molecule has 0 spiro atoms. The van der Waals surface area contributed by atoms with Gasteiger partial charge >= 0.3 is 5.97 Å². The number of ether oxygens (including phenoxy) is 1. The highest BCUT2D eigenvalue weighted by molar-refractivity contribution is 7.81. The number of hydrogen-bond donors (Lipinski definition) is 1. The van der Waals surface area contributed by atoms with Crippen molar-refractivity contribution in [2.75, 3.05) is 11.4 Å².